The molecule has 0 unspecified atom stereocenters. The van der Waals surface area contributed by atoms with E-state index in [0.29, 0.717) is 10.9 Å². The normalized spacial score (nSPS) is 11.2. The maximum atomic E-state index is 13.2. The highest BCUT2D eigenvalue weighted by Gasteiger charge is 2.20. The Hall–Kier alpha value is -3.14. The number of anilines is 1. The second kappa shape index (κ2) is 7.85. The molecule has 4 nitrogen and oxygen atoms in total. The lowest BCUT2D eigenvalue weighted by Gasteiger charge is -2.20. The summed E-state index contributed by atoms with van der Waals surface area (Å²) in [6, 6.07) is 16.4. The number of amides is 1. The van der Waals surface area contributed by atoms with E-state index in [0.717, 1.165) is 22.2 Å². The zero-order valence-electron chi connectivity index (χ0n) is 16.6. The van der Waals surface area contributed by atoms with Gasteiger partial charge in [-0.3, -0.25) is 4.79 Å². The van der Waals surface area contributed by atoms with Gasteiger partial charge in [-0.1, -0.05) is 70.2 Å². The van der Waals surface area contributed by atoms with Gasteiger partial charge in [0.25, 0.3) is 5.91 Å². The maximum absolute atomic E-state index is 13.2. The van der Waals surface area contributed by atoms with Crippen LogP contribution in [0, 0.1) is 0 Å². The van der Waals surface area contributed by atoms with Crippen LogP contribution in [0.2, 0.25) is 0 Å². The van der Waals surface area contributed by atoms with Crippen LogP contribution in [-0.2, 0) is 0 Å². The molecule has 0 radical (unpaired) electrons. The molecule has 0 aliphatic carbocycles. The smallest absolute Gasteiger partial charge is 0.336 e. The van der Waals surface area contributed by atoms with E-state index in [1.165, 1.54) is 6.07 Å². The first-order valence-electron chi connectivity index (χ1n) is 9.50. The Labute approximate surface area is 165 Å². The fraction of sp³-hybridized carbons (Fsp3) is 0.250. The third kappa shape index (κ3) is 3.63. The first-order valence-corrected chi connectivity index (χ1v) is 9.50. The number of carboxylic acid groups (broad SMARTS) is 1. The van der Waals surface area contributed by atoms with Crippen molar-refractivity contribution < 1.29 is 14.7 Å². The number of nitrogens with one attached hydrogen (secondary N) is 1. The highest BCUT2D eigenvalue weighted by atomic mass is 16.4. The molecular weight excluding hydrogens is 350 g/mol. The van der Waals surface area contributed by atoms with Crippen molar-refractivity contribution in [2.24, 2.45) is 0 Å². The maximum Gasteiger partial charge on any atom is 0.336 e. The average Bonchev–Trinajstić information content (AvgIpc) is 2.66. The number of hydrogen-bond donors (Lipinski definition) is 2. The summed E-state index contributed by atoms with van der Waals surface area (Å²) in [6.45, 7) is 8.37. The van der Waals surface area contributed by atoms with Crippen LogP contribution in [0.4, 0.5) is 5.69 Å². The Morgan fingerprint density at radius 3 is 1.79 bits per heavy atom. The van der Waals surface area contributed by atoms with Crippen molar-refractivity contribution in [2.45, 2.75) is 39.5 Å². The summed E-state index contributed by atoms with van der Waals surface area (Å²) in [5, 5.41) is 13.9. The van der Waals surface area contributed by atoms with Crippen LogP contribution >= 0.6 is 0 Å². The molecule has 1 amide bonds. The van der Waals surface area contributed by atoms with Gasteiger partial charge in [0.15, 0.2) is 0 Å². The molecule has 0 saturated carbocycles. The Balaban J connectivity index is 2.15. The molecule has 3 rings (SSSR count). The van der Waals surface area contributed by atoms with E-state index in [9.17, 15) is 14.7 Å². The number of fused-ring (bicyclic) bond motifs is 1. The Morgan fingerprint density at radius 2 is 1.29 bits per heavy atom. The molecule has 0 bridgehead atoms. The Morgan fingerprint density at radius 1 is 0.786 bits per heavy atom. The van der Waals surface area contributed by atoms with Crippen molar-refractivity contribution in [3.05, 3.63) is 76.9 Å². The van der Waals surface area contributed by atoms with Crippen molar-refractivity contribution >= 4 is 28.3 Å². The molecule has 3 aromatic carbocycles. The molecule has 0 spiro atoms. The number of aromatic carboxylic acids is 1. The number of carbonyl (C=O) groups excluding carboxylic acids is 1. The van der Waals surface area contributed by atoms with Crippen LogP contribution in [-0.4, -0.2) is 17.0 Å². The third-order valence-corrected chi connectivity index (χ3v) is 4.99. The monoisotopic (exact) mass is 375 g/mol. The second-order valence-electron chi connectivity index (χ2n) is 7.59. The quantitative estimate of drug-likeness (QED) is 0.571. The summed E-state index contributed by atoms with van der Waals surface area (Å²) in [4.78, 5) is 25.0. The van der Waals surface area contributed by atoms with E-state index < -0.39 is 5.97 Å². The molecule has 4 heteroatoms. The molecule has 0 atom stereocenters. The molecule has 0 heterocycles. The van der Waals surface area contributed by atoms with E-state index in [2.05, 4.69) is 33.0 Å². The van der Waals surface area contributed by atoms with Crippen LogP contribution in [0.5, 0.6) is 0 Å². The van der Waals surface area contributed by atoms with Gasteiger partial charge < -0.3 is 10.4 Å². The highest BCUT2D eigenvalue weighted by molar-refractivity contribution is 6.18. The predicted octanol–water partition coefficient (Wildman–Crippen LogP) is 6.04. The third-order valence-electron chi connectivity index (χ3n) is 4.99. The lowest BCUT2D eigenvalue weighted by Crippen LogP contribution is -2.17. The Bertz CT molecular complexity index is 1020. The van der Waals surface area contributed by atoms with Gasteiger partial charge in [-0.05, 0) is 40.5 Å². The van der Waals surface area contributed by atoms with Gasteiger partial charge in [-0.15, -0.1) is 0 Å². The summed E-state index contributed by atoms with van der Waals surface area (Å²) in [5.74, 6) is -0.849. The minimum Gasteiger partial charge on any atom is -0.478 e. The standard InChI is InChI=1S/C24H25NO3/c1-14(2)17-10-7-11-18(15(3)4)22(17)25-23(26)19-12-5-8-16-9-6-13-20(21(16)19)24(27)28/h5-15H,1-4H3,(H,25,26)(H,27,28). The molecule has 0 saturated heterocycles. The summed E-state index contributed by atoms with van der Waals surface area (Å²) in [5.41, 5.74) is 3.45. The zero-order chi connectivity index (χ0) is 20.4. The van der Waals surface area contributed by atoms with Crippen LogP contribution in [0.15, 0.2) is 54.6 Å². The van der Waals surface area contributed by atoms with E-state index in [-0.39, 0.29) is 23.3 Å². The largest absolute Gasteiger partial charge is 0.478 e. The van der Waals surface area contributed by atoms with E-state index in [4.69, 9.17) is 0 Å². The number of rotatable bonds is 5. The zero-order valence-corrected chi connectivity index (χ0v) is 16.6. The van der Waals surface area contributed by atoms with Crippen LogP contribution in [0.25, 0.3) is 10.8 Å². The minimum absolute atomic E-state index is 0.129. The number of carboxylic acids is 1. The van der Waals surface area contributed by atoms with Crippen molar-refractivity contribution in [1.29, 1.82) is 0 Å². The van der Waals surface area contributed by atoms with Gasteiger partial charge in [0.2, 0.25) is 0 Å². The fourth-order valence-electron chi connectivity index (χ4n) is 3.58. The molecule has 28 heavy (non-hydrogen) atoms. The van der Waals surface area contributed by atoms with Crippen LogP contribution in [0.3, 0.4) is 0 Å². The molecule has 144 valence electrons. The number of hydrogen-bond acceptors (Lipinski definition) is 2. The second-order valence-corrected chi connectivity index (χ2v) is 7.59. The van der Waals surface area contributed by atoms with Gasteiger partial charge in [-0.2, -0.15) is 0 Å². The molecule has 0 fully saturated rings. The van der Waals surface area contributed by atoms with Crippen molar-refractivity contribution in [3.8, 4) is 0 Å². The summed E-state index contributed by atoms with van der Waals surface area (Å²) in [7, 11) is 0. The molecule has 2 N–H and O–H groups in total. The first kappa shape index (κ1) is 19.6. The topological polar surface area (TPSA) is 66.4 Å². The predicted molar refractivity (Wildman–Crippen MR) is 113 cm³/mol. The minimum atomic E-state index is -1.05. The Kier molecular flexibility index (Phi) is 5.50. The highest BCUT2D eigenvalue weighted by Crippen LogP contribution is 2.33. The number of para-hydroxylation sites is 1. The lowest BCUT2D eigenvalue weighted by atomic mass is 9.92. The number of benzene rings is 3. The first-order chi connectivity index (χ1) is 13.3. The van der Waals surface area contributed by atoms with Crippen molar-refractivity contribution in [1.82, 2.24) is 0 Å². The van der Waals surface area contributed by atoms with Gasteiger partial charge in [0.05, 0.1) is 5.56 Å². The van der Waals surface area contributed by atoms with Gasteiger partial charge in [0, 0.05) is 16.6 Å². The molecular formula is C24H25NO3. The SMILES string of the molecule is CC(C)c1cccc(C(C)C)c1NC(=O)c1cccc2cccc(C(=O)O)c12. The van der Waals surface area contributed by atoms with E-state index in [1.54, 1.807) is 18.2 Å². The van der Waals surface area contributed by atoms with E-state index in [1.807, 2.05) is 30.3 Å². The lowest BCUT2D eigenvalue weighted by molar-refractivity contribution is 0.0699. The molecule has 3 aromatic rings. The number of carbonyl (C=O) groups is 2. The fourth-order valence-corrected chi connectivity index (χ4v) is 3.58. The molecule has 0 aliphatic heterocycles. The van der Waals surface area contributed by atoms with Gasteiger partial charge in [-0.25, -0.2) is 4.79 Å². The molecule has 0 aliphatic rings. The molecule has 0 aromatic heterocycles. The van der Waals surface area contributed by atoms with Gasteiger partial charge in [0.1, 0.15) is 0 Å². The summed E-state index contributed by atoms with van der Waals surface area (Å²) >= 11 is 0. The van der Waals surface area contributed by atoms with Gasteiger partial charge >= 0.3 is 5.97 Å². The van der Waals surface area contributed by atoms with E-state index >= 15 is 0 Å². The summed E-state index contributed by atoms with van der Waals surface area (Å²) < 4.78 is 0. The van der Waals surface area contributed by atoms with Crippen LogP contribution < -0.4 is 5.32 Å². The van der Waals surface area contributed by atoms with Crippen LogP contribution in [0.1, 0.15) is 71.4 Å². The average molecular weight is 375 g/mol. The van der Waals surface area contributed by atoms with Crippen molar-refractivity contribution in [3.63, 3.8) is 0 Å². The summed E-state index contributed by atoms with van der Waals surface area (Å²) in [6.07, 6.45) is 0. The van der Waals surface area contributed by atoms with Crippen molar-refractivity contribution in [2.75, 3.05) is 5.32 Å².